The third kappa shape index (κ3) is 5.21. The Morgan fingerprint density at radius 2 is 2.00 bits per heavy atom. The molecule has 9 nitrogen and oxygen atoms in total. The van der Waals surface area contributed by atoms with Crippen molar-refractivity contribution < 1.29 is 9.72 Å². The van der Waals surface area contributed by atoms with E-state index in [1.54, 1.807) is 36.8 Å². The zero-order chi connectivity index (χ0) is 20.6. The van der Waals surface area contributed by atoms with E-state index in [2.05, 4.69) is 20.3 Å². The number of nitrogens with one attached hydrogen (secondary N) is 1. The molecule has 0 bridgehead atoms. The number of aromatic nitrogens is 3. The molecule has 3 aromatic rings. The van der Waals surface area contributed by atoms with Gasteiger partial charge in [-0.3, -0.25) is 19.9 Å². The summed E-state index contributed by atoms with van der Waals surface area (Å²) in [6, 6.07) is 10.9. The van der Waals surface area contributed by atoms with Crippen molar-refractivity contribution in [2.45, 2.75) is 10.1 Å². The summed E-state index contributed by atoms with van der Waals surface area (Å²) in [5.74, 6) is -0.654. The fourth-order valence-electron chi connectivity index (χ4n) is 2.23. The zero-order valence-corrected chi connectivity index (χ0v) is 15.5. The standard InChI is InChI=1S/C19H12N6O3S/c20-11-14(18(26)24-15-3-1-6-21-12-15)9-13-10-16(25(27)28)4-5-17(13)29-19-22-7-2-8-23-19/h1-10,12H,(H,24,26)/b14-9+. The Bertz CT molecular complexity index is 1110. The molecular formula is C19H12N6O3S. The molecule has 3 rings (SSSR count). The Morgan fingerprint density at radius 3 is 2.66 bits per heavy atom. The predicted octanol–water partition coefficient (Wildman–Crippen LogP) is 3.48. The van der Waals surface area contributed by atoms with Crippen LogP contribution in [0.15, 0.2) is 76.8 Å². The number of nitro benzene ring substituents is 1. The summed E-state index contributed by atoms with van der Waals surface area (Å²) in [6.07, 6.45) is 7.42. The number of carbonyl (C=O) groups is 1. The number of carbonyl (C=O) groups excluding carboxylic acids is 1. The average molecular weight is 404 g/mol. The molecule has 0 saturated heterocycles. The van der Waals surface area contributed by atoms with Gasteiger partial charge in [-0.2, -0.15) is 5.26 Å². The molecule has 0 saturated carbocycles. The number of anilines is 1. The van der Waals surface area contributed by atoms with Crippen LogP contribution in [0.2, 0.25) is 0 Å². The summed E-state index contributed by atoms with van der Waals surface area (Å²) in [4.78, 5) is 35.7. The number of non-ortho nitro benzene ring substituents is 1. The first-order chi connectivity index (χ1) is 14.1. The van der Waals surface area contributed by atoms with Crippen molar-refractivity contribution in [3.8, 4) is 6.07 Å². The van der Waals surface area contributed by atoms with Gasteiger partial charge in [0.15, 0.2) is 5.16 Å². The molecule has 0 fully saturated rings. The van der Waals surface area contributed by atoms with Gasteiger partial charge in [0, 0.05) is 35.6 Å². The number of hydrogen-bond donors (Lipinski definition) is 1. The number of pyridine rings is 1. The quantitative estimate of drug-likeness (QED) is 0.217. The van der Waals surface area contributed by atoms with E-state index in [9.17, 15) is 20.2 Å². The molecule has 2 aromatic heterocycles. The van der Waals surface area contributed by atoms with Crippen LogP contribution >= 0.6 is 11.8 Å². The number of nitro groups is 1. The maximum atomic E-state index is 12.4. The summed E-state index contributed by atoms with van der Waals surface area (Å²) in [5, 5.41) is 23.6. The van der Waals surface area contributed by atoms with E-state index < -0.39 is 10.8 Å². The van der Waals surface area contributed by atoms with Crippen LogP contribution in [0.1, 0.15) is 5.56 Å². The molecule has 0 aliphatic heterocycles. The zero-order valence-electron chi connectivity index (χ0n) is 14.7. The number of rotatable bonds is 6. The topological polar surface area (TPSA) is 135 Å². The smallest absolute Gasteiger partial charge is 0.270 e. The van der Waals surface area contributed by atoms with Crippen molar-refractivity contribution >= 4 is 35.1 Å². The molecular weight excluding hydrogens is 392 g/mol. The fourth-order valence-corrected chi connectivity index (χ4v) is 3.03. The van der Waals surface area contributed by atoms with Crippen molar-refractivity contribution in [2.75, 3.05) is 5.32 Å². The molecule has 29 heavy (non-hydrogen) atoms. The first-order valence-corrected chi connectivity index (χ1v) is 8.95. The van der Waals surface area contributed by atoms with Crippen LogP contribution < -0.4 is 5.32 Å². The van der Waals surface area contributed by atoms with E-state index in [1.165, 1.54) is 30.5 Å². The minimum absolute atomic E-state index is 0.167. The summed E-state index contributed by atoms with van der Waals surface area (Å²) < 4.78 is 0. The lowest BCUT2D eigenvalue weighted by Crippen LogP contribution is -2.13. The van der Waals surface area contributed by atoms with E-state index in [4.69, 9.17) is 0 Å². The minimum atomic E-state index is -0.654. The summed E-state index contributed by atoms with van der Waals surface area (Å²) in [5.41, 5.74) is 0.365. The van der Waals surface area contributed by atoms with Crippen LogP contribution in [0, 0.1) is 21.4 Å². The van der Waals surface area contributed by atoms with Gasteiger partial charge in [0.05, 0.1) is 16.8 Å². The van der Waals surface area contributed by atoms with Gasteiger partial charge < -0.3 is 5.32 Å². The maximum absolute atomic E-state index is 12.4. The predicted molar refractivity (Wildman–Crippen MR) is 106 cm³/mol. The average Bonchev–Trinajstić information content (AvgIpc) is 2.74. The van der Waals surface area contributed by atoms with Crippen LogP contribution in [0.25, 0.3) is 6.08 Å². The first kappa shape index (κ1) is 19.7. The highest BCUT2D eigenvalue weighted by atomic mass is 32.2. The second-order valence-corrected chi connectivity index (χ2v) is 6.49. The number of nitriles is 1. The highest BCUT2D eigenvalue weighted by molar-refractivity contribution is 7.99. The Labute approximate surface area is 169 Å². The van der Waals surface area contributed by atoms with Gasteiger partial charge in [-0.05, 0) is 47.7 Å². The molecule has 0 aliphatic carbocycles. The lowest BCUT2D eigenvalue weighted by atomic mass is 10.1. The van der Waals surface area contributed by atoms with Crippen LogP contribution in [-0.4, -0.2) is 25.8 Å². The summed E-state index contributed by atoms with van der Waals surface area (Å²) in [6.45, 7) is 0. The molecule has 10 heteroatoms. The Kier molecular flexibility index (Phi) is 6.24. The molecule has 0 aliphatic rings. The molecule has 1 aromatic carbocycles. The second kappa shape index (κ2) is 9.20. The molecule has 0 unspecified atom stereocenters. The maximum Gasteiger partial charge on any atom is 0.270 e. The van der Waals surface area contributed by atoms with E-state index in [1.807, 2.05) is 6.07 Å². The largest absolute Gasteiger partial charge is 0.320 e. The van der Waals surface area contributed by atoms with Crippen molar-refractivity contribution in [1.29, 1.82) is 5.26 Å². The fraction of sp³-hybridized carbons (Fsp3) is 0. The summed E-state index contributed by atoms with van der Waals surface area (Å²) >= 11 is 1.16. The molecule has 0 radical (unpaired) electrons. The van der Waals surface area contributed by atoms with E-state index in [-0.39, 0.29) is 11.3 Å². The van der Waals surface area contributed by atoms with Crippen molar-refractivity contribution in [3.63, 3.8) is 0 Å². The normalized spacial score (nSPS) is 10.8. The van der Waals surface area contributed by atoms with E-state index in [0.29, 0.717) is 21.3 Å². The first-order valence-electron chi connectivity index (χ1n) is 8.13. The number of hydrogen-bond acceptors (Lipinski definition) is 8. The van der Waals surface area contributed by atoms with Gasteiger partial charge in [-0.15, -0.1) is 0 Å². The molecule has 0 atom stereocenters. The summed E-state index contributed by atoms with van der Waals surface area (Å²) in [7, 11) is 0. The van der Waals surface area contributed by atoms with Gasteiger partial charge in [0.1, 0.15) is 11.6 Å². The molecule has 2 heterocycles. The molecule has 1 N–H and O–H groups in total. The van der Waals surface area contributed by atoms with Gasteiger partial charge in [0.2, 0.25) is 0 Å². The third-order valence-electron chi connectivity index (χ3n) is 3.53. The van der Waals surface area contributed by atoms with Gasteiger partial charge >= 0.3 is 0 Å². The number of nitrogens with zero attached hydrogens (tertiary/aromatic N) is 5. The van der Waals surface area contributed by atoms with E-state index >= 15 is 0 Å². The Hall–Kier alpha value is -4.10. The van der Waals surface area contributed by atoms with Gasteiger partial charge in [-0.1, -0.05) is 0 Å². The van der Waals surface area contributed by atoms with E-state index in [0.717, 1.165) is 11.8 Å². The second-order valence-electron chi connectivity index (χ2n) is 5.48. The number of benzene rings is 1. The lowest BCUT2D eigenvalue weighted by Gasteiger charge is -2.07. The van der Waals surface area contributed by atoms with Crippen molar-refractivity contribution in [2.24, 2.45) is 0 Å². The van der Waals surface area contributed by atoms with Gasteiger partial charge in [-0.25, -0.2) is 9.97 Å². The van der Waals surface area contributed by atoms with Crippen LogP contribution in [-0.2, 0) is 4.79 Å². The monoisotopic (exact) mass is 404 g/mol. The van der Waals surface area contributed by atoms with Crippen LogP contribution in [0.3, 0.4) is 0 Å². The highest BCUT2D eigenvalue weighted by Crippen LogP contribution is 2.32. The number of amides is 1. The molecule has 0 spiro atoms. The minimum Gasteiger partial charge on any atom is -0.320 e. The molecule has 1 amide bonds. The van der Waals surface area contributed by atoms with Crippen LogP contribution in [0.5, 0.6) is 0 Å². The lowest BCUT2D eigenvalue weighted by molar-refractivity contribution is -0.384. The van der Waals surface area contributed by atoms with Crippen LogP contribution in [0.4, 0.5) is 11.4 Å². The molecule has 142 valence electrons. The SMILES string of the molecule is N#C/C(=C\c1cc([N+](=O)[O-])ccc1Sc1ncccn1)C(=O)Nc1cccnc1. The van der Waals surface area contributed by atoms with Crippen molar-refractivity contribution in [1.82, 2.24) is 15.0 Å². The highest BCUT2D eigenvalue weighted by Gasteiger charge is 2.15. The van der Waals surface area contributed by atoms with Gasteiger partial charge in [0.25, 0.3) is 11.6 Å². The third-order valence-corrected chi connectivity index (χ3v) is 4.52. The Balaban J connectivity index is 1.97. The Morgan fingerprint density at radius 1 is 1.21 bits per heavy atom. The van der Waals surface area contributed by atoms with Crippen molar-refractivity contribution in [3.05, 3.63) is 82.4 Å².